The van der Waals surface area contributed by atoms with Gasteiger partial charge in [-0.3, -0.25) is 4.79 Å². The molecule has 0 bridgehead atoms. The van der Waals surface area contributed by atoms with Crippen LogP contribution in [0.2, 0.25) is 0 Å². The van der Waals surface area contributed by atoms with Crippen LogP contribution >= 0.6 is 22.7 Å². The Morgan fingerprint density at radius 2 is 1.90 bits per heavy atom. The van der Waals surface area contributed by atoms with Gasteiger partial charge in [0.15, 0.2) is 11.5 Å². The number of nitrogens with one attached hydrogen (secondary N) is 1. The van der Waals surface area contributed by atoms with Crippen LogP contribution in [0.1, 0.15) is 39.5 Å². The summed E-state index contributed by atoms with van der Waals surface area (Å²) in [6.45, 7) is 5.70. The fourth-order valence-corrected chi connectivity index (χ4v) is 5.73. The molecule has 4 rings (SSSR count). The topological polar surface area (TPSA) is 47.6 Å². The third kappa shape index (κ3) is 4.33. The average molecular weight is 428 g/mol. The van der Waals surface area contributed by atoms with Gasteiger partial charge in [-0.15, -0.1) is 22.7 Å². The highest BCUT2D eigenvalue weighted by atomic mass is 32.1. The number of thiophene rings is 2. The molecule has 3 aromatic rings. The largest absolute Gasteiger partial charge is 0.490 e. The molecule has 2 aromatic heterocycles. The average Bonchev–Trinajstić information content (AvgIpc) is 3.36. The van der Waals surface area contributed by atoms with Gasteiger partial charge in [0.2, 0.25) is 0 Å². The first-order chi connectivity index (χ1) is 14.2. The Hall–Kier alpha value is -2.31. The Morgan fingerprint density at radius 1 is 1.07 bits per heavy atom. The normalized spacial score (nSPS) is 12.2. The zero-order valence-corrected chi connectivity index (χ0v) is 18.4. The molecule has 0 saturated heterocycles. The summed E-state index contributed by atoms with van der Waals surface area (Å²) in [5.74, 6) is 1.53. The number of fused-ring (bicyclic) bond motifs is 3. The number of rotatable bonds is 8. The van der Waals surface area contributed by atoms with E-state index in [1.54, 1.807) is 11.3 Å². The van der Waals surface area contributed by atoms with Crippen molar-refractivity contribution in [3.63, 3.8) is 0 Å². The van der Waals surface area contributed by atoms with E-state index in [2.05, 4.69) is 22.8 Å². The lowest BCUT2D eigenvalue weighted by Crippen LogP contribution is -2.24. The number of carbonyl (C=O) groups excluding carboxylic acids is 1. The molecule has 1 aliphatic rings. The first-order valence-corrected chi connectivity index (χ1v) is 11.7. The predicted molar refractivity (Wildman–Crippen MR) is 120 cm³/mol. The summed E-state index contributed by atoms with van der Waals surface area (Å²) in [7, 11) is 0. The van der Waals surface area contributed by atoms with Gasteiger partial charge < -0.3 is 14.8 Å². The van der Waals surface area contributed by atoms with Crippen molar-refractivity contribution < 1.29 is 14.3 Å². The van der Waals surface area contributed by atoms with E-state index < -0.39 is 0 Å². The Kier molecular flexibility index (Phi) is 6.21. The van der Waals surface area contributed by atoms with Crippen LogP contribution in [-0.4, -0.2) is 25.7 Å². The molecule has 4 nitrogen and oxygen atoms in total. The maximum atomic E-state index is 12.7. The van der Waals surface area contributed by atoms with Crippen LogP contribution in [0.5, 0.6) is 11.5 Å². The van der Waals surface area contributed by atoms with Gasteiger partial charge in [-0.05, 0) is 73.9 Å². The van der Waals surface area contributed by atoms with Gasteiger partial charge in [0.25, 0.3) is 5.91 Å². The molecule has 0 fully saturated rings. The number of hydrogen-bond donors (Lipinski definition) is 1. The lowest BCUT2D eigenvalue weighted by molar-refractivity contribution is 0.0958. The van der Waals surface area contributed by atoms with Crippen molar-refractivity contribution in [1.82, 2.24) is 5.32 Å². The molecule has 0 radical (unpaired) electrons. The molecule has 1 aromatic carbocycles. The minimum atomic E-state index is 0.0112. The fraction of sp³-hybridized carbons (Fsp3) is 0.348. The lowest BCUT2D eigenvalue weighted by atomic mass is 9.98. The van der Waals surface area contributed by atoms with Gasteiger partial charge >= 0.3 is 0 Å². The maximum Gasteiger partial charge on any atom is 0.261 e. The summed E-state index contributed by atoms with van der Waals surface area (Å²) in [5.41, 5.74) is 3.74. The standard InChI is InChI=1S/C23H25NO3S2/c1-3-26-18-7-5-15(13-19(18)27-4-2)9-11-24-23(25)21-14-16-6-8-20-17(10-12-28-20)22(16)29-21/h5,7,10,12-14H,3-4,6,8-9,11H2,1-2H3,(H,24,25). The van der Waals surface area contributed by atoms with Crippen molar-refractivity contribution in [2.45, 2.75) is 33.1 Å². The number of hydrogen-bond acceptors (Lipinski definition) is 5. The number of carbonyl (C=O) groups is 1. The fourth-order valence-electron chi connectivity index (χ4n) is 3.60. The van der Waals surface area contributed by atoms with E-state index in [9.17, 15) is 4.79 Å². The van der Waals surface area contributed by atoms with Crippen LogP contribution in [0, 0.1) is 0 Å². The maximum absolute atomic E-state index is 12.7. The molecular formula is C23H25NO3S2. The van der Waals surface area contributed by atoms with Crippen molar-refractivity contribution in [2.24, 2.45) is 0 Å². The van der Waals surface area contributed by atoms with Crippen LogP contribution in [0.15, 0.2) is 35.7 Å². The molecule has 6 heteroatoms. The molecular weight excluding hydrogens is 402 g/mol. The SMILES string of the molecule is CCOc1ccc(CCNC(=O)c2cc3c(s2)-c2ccsc2CC3)cc1OCC. The van der Waals surface area contributed by atoms with Crippen molar-refractivity contribution in [1.29, 1.82) is 0 Å². The third-order valence-corrected chi connectivity index (χ3v) is 7.14. The molecule has 0 saturated carbocycles. The molecule has 1 aliphatic carbocycles. The highest BCUT2D eigenvalue weighted by Gasteiger charge is 2.22. The van der Waals surface area contributed by atoms with Crippen LogP contribution in [0.25, 0.3) is 10.4 Å². The van der Waals surface area contributed by atoms with Gasteiger partial charge in [0, 0.05) is 21.9 Å². The van der Waals surface area contributed by atoms with E-state index in [0.29, 0.717) is 19.8 Å². The van der Waals surface area contributed by atoms with E-state index in [1.165, 1.54) is 20.9 Å². The number of amides is 1. The summed E-state index contributed by atoms with van der Waals surface area (Å²) >= 11 is 3.43. The number of aryl methyl sites for hydroxylation is 2. The third-order valence-electron chi connectivity index (χ3n) is 4.95. The zero-order chi connectivity index (χ0) is 20.2. The van der Waals surface area contributed by atoms with Crippen molar-refractivity contribution in [2.75, 3.05) is 19.8 Å². The molecule has 0 atom stereocenters. The van der Waals surface area contributed by atoms with E-state index >= 15 is 0 Å². The minimum absolute atomic E-state index is 0.0112. The van der Waals surface area contributed by atoms with E-state index in [0.717, 1.165) is 41.2 Å². The molecule has 152 valence electrons. The van der Waals surface area contributed by atoms with Gasteiger partial charge in [0.1, 0.15) is 0 Å². The van der Waals surface area contributed by atoms with Crippen molar-refractivity contribution in [3.05, 3.63) is 56.6 Å². The number of ether oxygens (including phenoxy) is 2. The van der Waals surface area contributed by atoms with Gasteiger partial charge in [-0.2, -0.15) is 0 Å². The molecule has 0 aliphatic heterocycles. The van der Waals surface area contributed by atoms with Crippen molar-refractivity contribution >= 4 is 28.6 Å². The van der Waals surface area contributed by atoms with Crippen LogP contribution in [-0.2, 0) is 19.3 Å². The number of benzene rings is 1. The summed E-state index contributed by atoms with van der Waals surface area (Å²) in [5, 5.41) is 5.21. The second-order valence-corrected chi connectivity index (χ2v) is 8.93. The smallest absolute Gasteiger partial charge is 0.261 e. The Balaban J connectivity index is 1.38. The van der Waals surface area contributed by atoms with Gasteiger partial charge in [0.05, 0.1) is 18.1 Å². The zero-order valence-electron chi connectivity index (χ0n) is 16.7. The highest BCUT2D eigenvalue weighted by Crippen LogP contribution is 2.41. The van der Waals surface area contributed by atoms with Crippen LogP contribution in [0.4, 0.5) is 0 Å². The summed E-state index contributed by atoms with van der Waals surface area (Å²) < 4.78 is 11.3. The quantitative estimate of drug-likeness (QED) is 0.527. The van der Waals surface area contributed by atoms with E-state index in [1.807, 2.05) is 43.4 Å². The van der Waals surface area contributed by atoms with Gasteiger partial charge in [-0.1, -0.05) is 6.07 Å². The molecule has 0 spiro atoms. The second kappa shape index (κ2) is 9.01. The Labute approximate surface area is 179 Å². The Bertz CT molecular complexity index is 1010. The Morgan fingerprint density at radius 3 is 2.72 bits per heavy atom. The lowest BCUT2D eigenvalue weighted by Gasteiger charge is -2.12. The first kappa shape index (κ1) is 20.0. The second-order valence-electron chi connectivity index (χ2n) is 6.88. The molecule has 0 unspecified atom stereocenters. The molecule has 29 heavy (non-hydrogen) atoms. The monoisotopic (exact) mass is 427 g/mol. The molecule has 2 heterocycles. The van der Waals surface area contributed by atoms with Crippen LogP contribution in [0.3, 0.4) is 0 Å². The summed E-state index contributed by atoms with van der Waals surface area (Å²) in [6.07, 6.45) is 2.86. The molecule has 1 N–H and O–H groups in total. The molecule has 1 amide bonds. The van der Waals surface area contributed by atoms with Crippen molar-refractivity contribution in [3.8, 4) is 21.9 Å². The highest BCUT2D eigenvalue weighted by molar-refractivity contribution is 7.18. The van der Waals surface area contributed by atoms with Crippen LogP contribution < -0.4 is 14.8 Å². The minimum Gasteiger partial charge on any atom is -0.490 e. The van der Waals surface area contributed by atoms with E-state index in [4.69, 9.17) is 9.47 Å². The summed E-state index contributed by atoms with van der Waals surface area (Å²) in [6, 6.07) is 10.2. The first-order valence-electron chi connectivity index (χ1n) is 10.1. The van der Waals surface area contributed by atoms with Gasteiger partial charge in [-0.25, -0.2) is 0 Å². The predicted octanol–water partition coefficient (Wildman–Crippen LogP) is 5.35. The van der Waals surface area contributed by atoms with E-state index in [-0.39, 0.29) is 5.91 Å². The summed E-state index contributed by atoms with van der Waals surface area (Å²) in [4.78, 5) is 16.2.